The monoisotopic (exact) mass is 675 g/mol. The lowest BCUT2D eigenvalue weighted by Crippen LogP contribution is -2.21. The van der Waals surface area contributed by atoms with Gasteiger partial charge in [0.15, 0.2) is 0 Å². The average molecular weight is 676 g/mol. The van der Waals surface area contributed by atoms with Gasteiger partial charge in [-0.2, -0.15) is 0 Å². The second-order valence-corrected chi connectivity index (χ2v) is 13.3. The zero-order chi connectivity index (χ0) is 36.5. The van der Waals surface area contributed by atoms with Crippen LogP contribution in [0, 0.1) is 0 Å². The molecule has 0 fully saturated rings. The number of carbonyl (C=O) groups excluding carboxylic acids is 2. The first-order valence-corrected chi connectivity index (χ1v) is 16.4. The van der Waals surface area contributed by atoms with Crippen LogP contribution >= 0.6 is 11.6 Å². The topological polar surface area (TPSA) is 153 Å². The summed E-state index contributed by atoms with van der Waals surface area (Å²) in [6, 6.07) is 18.3. The molecule has 9 nitrogen and oxygen atoms in total. The summed E-state index contributed by atoms with van der Waals surface area (Å²) in [5.74, 6) is -0.190. The van der Waals surface area contributed by atoms with Gasteiger partial charge in [0, 0.05) is 23.5 Å². The minimum Gasteiger partial charge on any atom is -0.397 e. The Morgan fingerprint density at radius 2 is 1.06 bits per heavy atom. The Kier molecular flexibility index (Phi) is 17.3. The molecule has 0 aliphatic rings. The zero-order valence-corrected chi connectivity index (χ0v) is 30.7. The van der Waals surface area contributed by atoms with E-state index in [0.29, 0.717) is 33.9 Å². The van der Waals surface area contributed by atoms with Gasteiger partial charge in [-0.15, -0.1) is 0 Å². The van der Waals surface area contributed by atoms with Crippen molar-refractivity contribution in [2.45, 2.75) is 73.1 Å². The van der Waals surface area contributed by atoms with E-state index < -0.39 is 5.24 Å². The molecule has 0 saturated carbocycles. The largest absolute Gasteiger partial charge is 0.397 e. The van der Waals surface area contributed by atoms with Crippen molar-refractivity contribution >= 4 is 45.5 Å². The fourth-order valence-electron chi connectivity index (χ4n) is 4.02. The summed E-state index contributed by atoms with van der Waals surface area (Å²) in [6.07, 6.45) is 6.25. The number of nitrogens with zero attached hydrogens (tertiary/aromatic N) is 3. The molecular weight excluding hydrogens is 622 g/mol. The predicted octanol–water partition coefficient (Wildman–Crippen LogP) is 8.17. The Morgan fingerprint density at radius 3 is 1.38 bits per heavy atom. The SMILES string of the molecule is CC(C)(C)c1ccc(C(=O)Cl)cc1.CC(C)(C)c1ccc(C(=O)Nc2cnccc2N)cc1.CCN(CC)CC.Nc1ccncc1N. The van der Waals surface area contributed by atoms with Crippen LogP contribution in [0.3, 0.4) is 0 Å². The van der Waals surface area contributed by atoms with Crippen molar-refractivity contribution < 1.29 is 9.59 Å². The molecule has 0 spiro atoms. The number of hydrogen-bond donors (Lipinski definition) is 4. The van der Waals surface area contributed by atoms with E-state index >= 15 is 0 Å². The highest BCUT2D eigenvalue weighted by Gasteiger charge is 2.15. The van der Waals surface area contributed by atoms with E-state index in [1.807, 2.05) is 36.4 Å². The number of amides is 1. The molecule has 2 aromatic heterocycles. The van der Waals surface area contributed by atoms with Crippen molar-refractivity contribution in [3.05, 3.63) is 108 Å². The highest BCUT2D eigenvalue weighted by molar-refractivity contribution is 6.67. The quantitative estimate of drug-likeness (QED) is 0.149. The van der Waals surface area contributed by atoms with Gasteiger partial charge in [0.05, 0.1) is 35.1 Å². The Morgan fingerprint density at radius 1 is 0.646 bits per heavy atom. The van der Waals surface area contributed by atoms with E-state index in [-0.39, 0.29) is 16.7 Å². The number of halogens is 1. The number of carbonyl (C=O) groups is 2. The van der Waals surface area contributed by atoms with Crippen LogP contribution in [0.15, 0.2) is 85.5 Å². The molecule has 0 atom stereocenters. The Bertz CT molecular complexity index is 1510. The first kappa shape index (κ1) is 41.6. The second kappa shape index (κ2) is 20.0. The molecule has 4 rings (SSSR count). The van der Waals surface area contributed by atoms with Gasteiger partial charge < -0.3 is 27.4 Å². The number of nitrogens with two attached hydrogens (primary N) is 3. The van der Waals surface area contributed by atoms with Gasteiger partial charge in [-0.1, -0.05) is 86.6 Å². The van der Waals surface area contributed by atoms with Gasteiger partial charge >= 0.3 is 0 Å². The fraction of sp³-hybridized carbons (Fsp3) is 0.368. The van der Waals surface area contributed by atoms with Crippen molar-refractivity contribution in [2.24, 2.45) is 0 Å². The summed E-state index contributed by atoms with van der Waals surface area (Å²) in [5.41, 5.74) is 22.3. The lowest BCUT2D eigenvalue weighted by Gasteiger charge is -2.19. The lowest BCUT2D eigenvalue weighted by molar-refractivity contribution is 0.102. The number of pyridine rings is 2. The average Bonchev–Trinajstić information content (AvgIpc) is 3.04. The molecule has 0 unspecified atom stereocenters. The summed E-state index contributed by atoms with van der Waals surface area (Å²) >= 11 is 5.33. The van der Waals surface area contributed by atoms with Gasteiger partial charge in [-0.25, -0.2) is 0 Å². The first-order valence-electron chi connectivity index (χ1n) is 16.0. The second-order valence-electron chi connectivity index (χ2n) is 13.0. The molecule has 0 radical (unpaired) electrons. The van der Waals surface area contributed by atoms with Crippen LogP contribution in [0.25, 0.3) is 0 Å². The van der Waals surface area contributed by atoms with Crippen LogP contribution < -0.4 is 22.5 Å². The van der Waals surface area contributed by atoms with Gasteiger partial charge in [-0.3, -0.25) is 19.6 Å². The summed E-state index contributed by atoms with van der Waals surface area (Å²) in [4.78, 5) is 33.0. The molecular formula is C38H54ClN7O2. The van der Waals surface area contributed by atoms with Crippen LogP contribution in [0.1, 0.15) is 94.2 Å². The molecule has 260 valence electrons. The van der Waals surface area contributed by atoms with Gasteiger partial charge in [-0.05, 0) is 89.6 Å². The van der Waals surface area contributed by atoms with E-state index in [0.717, 1.165) is 0 Å². The molecule has 0 aliphatic heterocycles. The summed E-state index contributed by atoms with van der Waals surface area (Å²) in [7, 11) is 0. The molecule has 7 N–H and O–H groups in total. The van der Waals surface area contributed by atoms with Crippen molar-refractivity contribution in [1.82, 2.24) is 14.9 Å². The van der Waals surface area contributed by atoms with Crippen LogP contribution in [-0.2, 0) is 10.8 Å². The number of aromatic nitrogens is 2. The molecule has 2 aromatic carbocycles. The fourth-order valence-corrected chi connectivity index (χ4v) is 4.14. The number of hydrogen-bond acceptors (Lipinski definition) is 8. The number of rotatable bonds is 6. The van der Waals surface area contributed by atoms with Crippen molar-refractivity contribution in [3.63, 3.8) is 0 Å². The van der Waals surface area contributed by atoms with E-state index in [1.54, 1.807) is 36.7 Å². The summed E-state index contributed by atoms with van der Waals surface area (Å²) < 4.78 is 0. The van der Waals surface area contributed by atoms with Gasteiger partial charge in [0.1, 0.15) is 0 Å². The van der Waals surface area contributed by atoms with Crippen LogP contribution in [-0.4, -0.2) is 45.7 Å². The maximum atomic E-state index is 12.1. The standard InChI is InChI=1S/C16H19N3O.C11H13ClO.C6H15N.C5H7N3/c1-16(2,3)12-6-4-11(5-7-12)15(20)19-14-10-18-9-8-13(14)17;1-11(2,3)9-6-4-8(5-7-9)10(12)13;1-4-7(5-2)6-3;6-4-1-2-8-3-5(4)7/h4-10H,1-3H3,(H2,17,18)(H,19,20);4-7H,1-3H3;4-6H2,1-3H3;1-3H,7H2,(H2,6,8). The molecule has 0 aliphatic carbocycles. The molecule has 48 heavy (non-hydrogen) atoms. The molecule has 4 aromatic rings. The third-order valence-corrected chi connectivity index (χ3v) is 7.54. The normalized spacial score (nSPS) is 10.7. The molecule has 0 saturated heterocycles. The number of benzene rings is 2. The van der Waals surface area contributed by atoms with E-state index in [4.69, 9.17) is 28.8 Å². The van der Waals surface area contributed by atoms with Crippen molar-refractivity contribution in [2.75, 3.05) is 42.2 Å². The van der Waals surface area contributed by atoms with E-state index in [1.165, 1.54) is 43.2 Å². The molecule has 1 amide bonds. The number of nitrogens with one attached hydrogen (secondary N) is 1. The number of anilines is 4. The minimum absolute atomic E-state index is 0.0722. The Hall–Kier alpha value is -4.47. The zero-order valence-electron chi connectivity index (χ0n) is 30.0. The highest BCUT2D eigenvalue weighted by atomic mass is 35.5. The smallest absolute Gasteiger partial charge is 0.255 e. The number of nitrogen functional groups attached to an aromatic ring is 3. The van der Waals surface area contributed by atoms with Crippen molar-refractivity contribution in [3.8, 4) is 0 Å². The maximum absolute atomic E-state index is 12.1. The highest BCUT2D eigenvalue weighted by Crippen LogP contribution is 2.24. The summed E-state index contributed by atoms with van der Waals surface area (Å²) in [5, 5.41) is 2.36. The third-order valence-electron chi connectivity index (χ3n) is 7.32. The minimum atomic E-state index is -0.402. The van der Waals surface area contributed by atoms with Crippen LogP contribution in [0.4, 0.5) is 22.7 Å². The van der Waals surface area contributed by atoms with Crippen LogP contribution in [0.2, 0.25) is 0 Å². The maximum Gasteiger partial charge on any atom is 0.255 e. The van der Waals surface area contributed by atoms with E-state index in [9.17, 15) is 9.59 Å². The summed E-state index contributed by atoms with van der Waals surface area (Å²) in [6.45, 7) is 22.9. The van der Waals surface area contributed by atoms with Gasteiger partial charge in [0.2, 0.25) is 0 Å². The Balaban J connectivity index is 0.000000352. The predicted molar refractivity (Wildman–Crippen MR) is 204 cm³/mol. The van der Waals surface area contributed by atoms with E-state index in [2.05, 4.69) is 82.5 Å². The molecule has 10 heteroatoms. The third kappa shape index (κ3) is 15.0. The molecule has 0 bridgehead atoms. The van der Waals surface area contributed by atoms with Gasteiger partial charge in [0.25, 0.3) is 11.1 Å². The molecule has 2 heterocycles. The lowest BCUT2D eigenvalue weighted by atomic mass is 9.87. The Labute approximate surface area is 292 Å². The first-order chi connectivity index (χ1) is 22.4. The van der Waals surface area contributed by atoms with Crippen LogP contribution in [0.5, 0.6) is 0 Å². The van der Waals surface area contributed by atoms with Crippen molar-refractivity contribution in [1.29, 1.82) is 0 Å².